The number of anilines is 1. The predicted octanol–water partition coefficient (Wildman–Crippen LogP) is 3.64. The second kappa shape index (κ2) is 7.67. The number of carbonyl (C=O) groups is 2. The Balaban J connectivity index is 2.69. The summed E-state index contributed by atoms with van der Waals surface area (Å²) in [7, 11) is 0. The van der Waals surface area contributed by atoms with E-state index in [9.17, 15) is 9.59 Å². The number of benzene rings is 1. The average Bonchev–Trinajstić information content (AvgIpc) is 2.38. The highest BCUT2D eigenvalue weighted by atomic mass is 16.4. The highest BCUT2D eigenvalue weighted by molar-refractivity contribution is 6.01. The Morgan fingerprint density at radius 2 is 1.86 bits per heavy atom. The quantitative estimate of drug-likeness (QED) is 0.749. The molecule has 5 heteroatoms. The van der Waals surface area contributed by atoms with Crippen molar-refractivity contribution in [1.29, 1.82) is 0 Å². The van der Waals surface area contributed by atoms with Crippen LogP contribution in [0.25, 0.3) is 0 Å². The summed E-state index contributed by atoms with van der Waals surface area (Å²) in [6, 6.07) is 4.58. The average molecular weight is 292 g/mol. The van der Waals surface area contributed by atoms with Crippen molar-refractivity contribution >= 4 is 17.7 Å². The Morgan fingerprint density at radius 1 is 1.19 bits per heavy atom. The van der Waals surface area contributed by atoms with Gasteiger partial charge in [0.1, 0.15) is 0 Å². The van der Waals surface area contributed by atoms with Crippen LogP contribution < -0.4 is 10.6 Å². The molecule has 1 rings (SSSR count). The fourth-order valence-corrected chi connectivity index (χ4v) is 2.04. The van der Waals surface area contributed by atoms with Crippen LogP contribution in [0.4, 0.5) is 10.5 Å². The van der Waals surface area contributed by atoms with Gasteiger partial charge in [-0.2, -0.15) is 0 Å². The maximum absolute atomic E-state index is 12.0. The van der Waals surface area contributed by atoms with E-state index < -0.39 is 5.97 Å². The number of aromatic carboxylic acids is 1. The van der Waals surface area contributed by atoms with Gasteiger partial charge in [-0.25, -0.2) is 9.59 Å². The first-order chi connectivity index (χ1) is 9.81. The number of para-hydroxylation sites is 1. The Morgan fingerprint density at radius 3 is 2.43 bits per heavy atom. The molecule has 0 radical (unpaired) electrons. The fraction of sp³-hybridized carbons (Fsp3) is 0.500. The molecular weight excluding hydrogens is 268 g/mol. The van der Waals surface area contributed by atoms with Gasteiger partial charge in [0.15, 0.2) is 0 Å². The lowest BCUT2D eigenvalue weighted by Gasteiger charge is -2.17. The molecule has 0 heterocycles. The fourth-order valence-electron chi connectivity index (χ4n) is 2.04. The number of nitrogens with one attached hydrogen (secondary N) is 2. The largest absolute Gasteiger partial charge is 0.478 e. The molecule has 0 aliphatic rings. The van der Waals surface area contributed by atoms with Crippen molar-refractivity contribution in [2.24, 2.45) is 5.92 Å². The number of carboxylic acids is 1. The van der Waals surface area contributed by atoms with Crippen LogP contribution in [0.5, 0.6) is 0 Å². The van der Waals surface area contributed by atoms with Gasteiger partial charge >= 0.3 is 12.0 Å². The summed E-state index contributed by atoms with van der Waals surface area (Å²) in [5, 5.41) is 14.6. The van der Waals surface area contributed by atoms with Crippen molar-refractivity contribution in [2.45, 2.75) is 46.6 Å². The third-order valence-electron chi connectivity index (χ3n) is 3.30. The van der Waals surface area contributed by atoms with E-state index in [0.29, 0.717) is 11.6 Å². The standard InChI is InChI=1S/C16H24N2O3/c1-10(2)8-9-12(4)17-16(21)18-14-11(3)6-5-7-13(14)15(19)20/h5-7,10,12H,8-9H2,1-4H3,(H,19,20)(H2,17,18,21). The third-order valence-corrected chi connectivity index (χ3v) is 3.30. The van der Waals surface area contributed by atoms with Crippen LogP contribution in [0.1, 0.15) is 49.5 Å². The number of amides is 2. The Labute approximate surface area is 125 Å². The van der Waals surface area contributed by atoms with Crippen LogP contribution in [0.3, 0.4) is 0 Å². The van der Waals surface area contributed by atoms with Crippen LogP contribution in [0, 0.1) is 12.8 Å². The van der Waals surface area contributed by atoms with Gasteiger partial charge < -0.3 is 15.7 Å². The molecule has 1 aromatic carbocycles. The lowest BCUT2D eigenvalue weighted by atomic mass is 10.0. The Bertz CT molecular complexity index is 512. The Kier molecular flexibility index (Phi) is 6.21. The maximum atomic E-state index is 12.0. The predicted molar refractivity (Wildman–Crippen MR) is 83.8 cm³/mol. The minimum atomic E-state index is -1.05. The van der Waals surface area contributed by atoms with Crippen LogP contribution in [0.15, 0.2) is 18.2 Å². The summed E-state index contributed by atoms with van der Waals surface area (Å²) < 4.78 is 0. The number of aryl methyl sites for hydroxylation is 1. The van der Waals surface area contributed by atoms with E-state index in [4.69, 9.17) is 5.11 Å². The van der Waals surface area contributed by atoms with E-state index in [0.717, 1.165) is 18.4 Å². The van der Waals surface area contributed by atoms with E-state index >= 15 is 0 Å². The van der Waals surface area contributed by atoms with Crippen LogP contribution >= 0.6 is 0 Å². The second-order valence-electron chi connectivity index (χ2n) is 5.77. The van der Waals surface area contributed by atoms with Crippen LogP contribution in [-0.4, -0.2) is 23.1 Å². The van der Waals surface area contributed by atoms with Gasteiger partial charge in [-0.15, -0.1) is 0 Å². The van der Waals surface area contributed by atoms with Crippen molar-refractivity contribution in [3.8, 4) is 0 Å². The van der Waals surface area contributed by atoms with E-state index in [2.05, 4.69) is 24.5 Å². The van der Waals surface area contributed by atoms with Gasteiger partial charge in [-0.3, -0.25) is 0 Å². The number of carboxylic acid groups (broad SMARTS) is 1. The topological polar surface area (TPSA) is 78.4 Å². The molecule has 1 unspecified atom stereocenters. The molecule has 0 saturated carbocycles. The van der Waals surface area contributed by atoms with Gasteiger partial charge in [-0.05, 0) is 44.2 Å². The minimum Gasteiger partial charge on any atom is -0.478 e. The normalized spacial score (nSPS) is 12.0. The summed E-state index contributed by atoms with van der Waals surface area (Å²) in [5.74, 6) is -0.464. The molecule has 116 valence electrons. The van der Waals surface area contributed by atoms with E-state index in [1.165, 1.54) is 6.07 Å². The number of carbonyl (C=O) groups excluding carboxylic acids is 1. The van der Waals surface area contributed by atoms with Crippen molar-refractivity contribution in [2.75, 3.05) is 5.32 Å². The molecule has 2 amide bonds. The highest BCUT2D eigenvalue weighted by Gasteiger charge is 2.15. The Hall–Kier alpha value is -2.04. The first kappa shape index (κ1) is 17.0. The lowest BCUT2D eigenvalue weighted by Crippen LogP contribution is -2.36. The smallest absolute Gasteiger partial charge is 0.337 e. The summed E-state index contributed by atoms with van der Waals surface area (Å²) in [5.41, 5.74) is 1.17. The molecule has 3 N–H and O–H groups in total. The summed E-state index contributed by atoms with van der Waals surface area (Å²) in [6.45, 7) is 7.99. The van der Waals surface area contributed by atoms with E-state index in [1.54, 1.807) is 19.1 Å². The number of urea groups is 1. The van der Waals surface area contributed by atoms with Gasteiger partial charge in [0.2, 0.25) is 0 Å². The zero-order valence-electron chi connectivity index (χ0n) is 13.1. The molecule has 5 nitrogen and oxygen atoms in total. The summed E-state index contributed by atoms with van der Waals surface area (Å²) in [4.78, 5) is 23.2. The zero-order valence-corrected chi connectivity index (χ0v) is 13.1. The number of hydrogen-bond acceptors (Lipinski definition) is 2. The van der Waals surface area contributed by atoms with Crippen molar-refractivity contribution in [1.82, 2.24) is 5.32 Å². The van der Waals surface area contributed by atoms with Crippen molar-refractivity contribution < 1.29 is 14.7 Å². The molecule has 0 aliphatic heterocycles. The number of rotatable bonds is 6. The van der Waals surface area contributed by atoms with Crippen LogP contribution in [0.2, 0.25) is 0 Å². The van der Waals surface area contributed by atoms with Crippen molar-refractivity contribution in [3.63, 3.8) is 0 Å². The van der Waals surface area contributed by atoms with Gasteiger partial charge in [0.05, 0.1) is 11.3 Å². The molecule has 0 aliphatic carbocycles. The lowest BCUT2D eigenvalue weighted by molar-refractivity contribution is 0.0698. The van der Waals surface area contributed by atoms with E-state index in [1.807, 2.05) is 6.92 Å². The first-order valence-electron chi connectivity index (χ1n) is 7.21. The zero-order chi connectivity index (χ0) is 16.0. The maximum Gasteiger partial charge on any atom is 0.337 e. The summed E-state index contributed by atoms with van der Waals surface area (Å²) in [6.07, 6.45) is 1.93. The van der Waals surface area contributed by atoms with E-state index in [-0.39, 0.29) is 17.6 Å². The minimum absolute atomic E-state index is 0.0460. The molecule has 1 atom stereocenters. The molecular formula is C16H24N2O3. The third kappa shape index (κ3) is 5.45. The molecule has 0 saturated heterocycles. The van der Waals surface area contributed by atoms with Crippen molar-refractivity contribution in [3.05, 3.63) is 29.3 Å². The van der Waals surface area contributed by atoms with Gasteiger partial charge in [-0.1, -0.05) is 26.0 Å². The highest BCUT2D eigenvalue weighted by Crippen LogP contribution is 2.20. The molecule has 1 aromatic rings. The monoisotopic (exact) mass is 292 g/mol. The molecule has 0 aromatic heterocycles. The summed E-state index contributed by atoms with van der Waals surface area (Å²) >= 11 is 0. The SMILES string of the molecule is Cc1cccc(C(=O)O)c1NC(=O)NC(C)CCC(C)C. The van der Waals surface area contributed by atoms with Gasteiger partial charge in [0, 0.05) is 6.04 Å². The van der Waals surface area contributed by atoms with Crippen LogP contribution in [-0.2, 0) is 0 Å². The van der Waals surface area contributed by atoms with Gasteiger partial charge in [0.25, 0.3) is 0 Å². The molecule has 0 spiro atoms. The second-order valence-corrected chi connectivity index (χ2v) is 5.77. The number of hydrogen-bond donors (Lipinski definition) is 3. The molecule has 21 heavy (non-hydrogen) atoms. The first-order valence-corrected chi connectivity index (χ1v) is 7.21. The molecule has 0 bridgehead atoms. The molecule has 0 fully saturated rings.